The summed E-state index contributed by atoms with van der Waals surface area (Å²) in [6.45, 7) is 1.35. The second kappa shape index (κ2) is 5.39. The number of piperidine rings is 1. The Hall–Kier alpha value is -2.04. The van der Waals surface area contributed by atoms with Crippen LogP contribution in [0.2, 0.25) is 0 Å². The van der Waals surface area contributed by atoms with E-state index in [-0.39, 0.29) is 17.4 Å². The Kier molecular flexibility index (Phi) is 3.57. The van der Waals surface area contributed by atoms with Gasteiger partial charge in [-0.1, -0.05) is 18.2 Å². The summed E-state index contributed by atoms with van der Waals surface area (Å²) in [5.74, 6) is 0.0784. The third kappa shape index (κ3) is 2.48. The molecule has 2 amide bonds. The number of ether oxygens (including phenoxy) is 1. The molecule has 0 aliphatic carbocycles. The van der Waals surface area contributed by atoms with Crippen molar-refractivity contribution in [1.82, 2.24) is 4.90 Å². The van der Waals surface area contributed by atoms with Gasteiger partial charge < -0.3 is 15.0 Å². The molecule has 1 aromatic rings. The average molecular weight is 288 g/mol. The van der Waals surface area contributed by atoms with Crippen LogP contribution in [0.5, 0.6) is 0 Å². The number of methoxy groups -OCH3 is 1. The van der Waals surface area contributed by atoms with Crippen LogP contribution in [0.15, 0.2) is 24.3 Å². The normalized spacial score (nSPS) is 20.4. The van der Waals surface area contributed by atoms with Gasteiger partial charge in [-0.2, -0.15) is 0 Å². The molecule has 0 aromatic heterocycles. The number of anilines is 1. The highest BCUT2D eigenvalue weighted by Crippen LogP contribution is 2.44. The van der Waals surface area contributed by atoms with Crippen molar-refractivity contribution in [3.63, 3.8) is 0 Å². The van der Waals surface area contributed by atoms with Gasteiger partial charge in [0.05, 0.1) is 7.11 Å². The van der Waals surface area contributed by atoms with E-state index in [1.165, 1.54) is 12.7 Å². The fraction of sp³-hybridized carbons (Fsp3) is 0.500. The Morgan fingerprint density at radius 3 is 2.67 bits per heavy atom. The molecular formula is C16H20N2O3. The summed E-state index contributed by atoms with van der Waals surface area (Å²) in [6, 6.07) is 8.04. The molecule has 0 bridgehead atoms. The number of carbonyl (C=O) groups excluding carboxylic acids is 2. The first-order valence-electron chi connectivity index (χ1n) is 7.37. The topological polar surface area (TPSA) is 58.6 Å². The lowest BCUT2D eigenvalue weighted by Gasteiger charge is -2.41. The number of hydrogen-bond acceptors (Lipinski definition) is 3. The molecule has 5 nitrogen and oxygen atoms in total. The van der Waals surface area contributed by atoms with Crippen molar-refractivity contribution in [2.75, 3.05) is 25.5 Å². The lowest BCUT2D eigenvalue weighted by atomic mass is 9.70. The zero-order valence-corrected chi connectivity index (χ0v) is 12.2. The highest BCUT2D eigenvalue weighted by molar-refractivity contribution is 5.92. The highest BCUT2D eigenvalue weighted by Gasteiger charge is 2.40. The van der Waals surface area contributed by atoms with Crippen molar-refractivity contribution >= 4 is 17.7 Å². The third-order valence-electron chi connectivity index (χ3n) is 4.76. The van der Waals surface area contributed by atoms with Crippen molar-refractivity contribution in [1.29, 1.82) is 0 Å². The molecule has 0 unspecified atom stereocenters. The molecule has 0 saturated carbocycles. The number of likely N-dealkylation sites (tertiary alicyclic amines) is 1. The second-order valence-corrected chi connectivity index (χ2v) is 5.83. The predicted molar refractivity (Wildman–Crippen MR) is 79.2 cm³/mol. The maximum atomic E-state index is 11.9. The molecule has 3 rings (SSSR count). The molecule has 2 heterocycles. The molecule has 1 fully saturated rings. The van der Waals surface area contributed by atoms with Crippen LogP contribution in [-0.4, -0.2) is 37.1 Å². The lowest BCUT2D eigenvalue weighted by molar-refractivity contribution is -0.116. The quantitative estimate of drug-likeness (QED) is 0.798. The number of carbonyl (C=O) groups is 2. The second-order valence-electron chi connectivity index (χ2n) is 5.83. The minimum atomic E-state index is -0.263. The highest BCUT2D eigenvalue weighted by atomic mass is 16.5. The fourth-order valence-corrected chi connectivity index (χ4v) is 3.52. The first kappa shape index (κ1) is 13.9. The Bertz CT molecular complexity index is 562. The Morgan fingerprint density at radius 2 is 1.95 bits per heavy atom. The summed E-state index contributed by atoms with van der Waals surface area (Å²) < 4.78 is 4.80. The van der Waals surface area contributed by atoms with Crippen LogP contribution in [0.3, 0.4) is 0 Å². The van der Waals surface area contributed by atoms with Crippen LogP contribution in [0.4, 0.5) is 10.5 Å². The summed E-state index contributed by atoms with van der Waals surface area (Å²) >= 11 is 0. The summed E-state index contributed by atoms with van der Waals surface area (Å²) in [6.07, 6.45) is 2.85. The number of amides is 2. The van der Waals surface area contributed by atoms with E-state index < -0.39 is 0 Å². The number of hydrogen-bond donors (Lipinski definition) is 1. The summed E-state index contributed by atoms with van der Waals surface area (Å²) in [7, 11) is 1.41. The van der Waals surface area contributed by atoms with E-state index in [9.17, 15) is 9.59 Å². The van der Waals surface area contributed by atoms with E-state index in [2.05, 4.69) is 11.4 Å². The molecule has 0 atom stereocenters. The molecule has 1 N–H and O–H groups in total. The van der Waals surface area contributed by atoms with Crippen molar-refractivity contribution in [3.8, 4) is 0 Å². The standard InChI is InChI=1S/C16H20N2O3/c1-21-15(20)18-10-8-16(9-11-18)7-6-14(19)17-13-5-3-2-4-12(13)16/h2-5H,6-11H2,1H3,(H,17,19). The smallest absolute Gasteiger partial charge is 0.409 e. The number of rotatable bonds is 0. The lowest BCUT2D eigenvalue weighted by Crippen LogP contribution is -2.45. The van der Waals surface area contributed by atoms with Crippen LogP contribution in [-0.2, 0) is 14.9 Å². The number of benzene rings is 1. The Morgan fingerprint density at radius 1 is 1.24 bits per heavy atom. The maximum Gasteiger partial charge on any atom is 0.409 e. The molecule has 2 aliphatic rings. The van der Waals surface area contributed by atoms with E-state index >= 15 is 0 Å². The van der Waals surface area contributed by atoms with Gasteiger partial charge in [0.15, 0.2) is 0 Å². The minimum Gasteiger partial charge on any atom is -0.453 e. The van der Waals surface area contributed by atoms with Gasteiger partial charge in [0.1, 0.15) is 0 Å². The predicted octanol–water partition coefficient (Wildman–Crippen LogP) is 2.52. The van der Waals surface area contributed by atoms with Gasteiger partial charge in [-0.15, -0.1) is 0 Å². The number of para-hydroxylation sites is 1. The van der Waals surface area contributed by atoms with Crippen LogP contribution >= 0.6 is 0 Å². The number of nitrogens with one attached hydrogen (secondary N) is 1. The fourth-order valence-electron chi connectivity index (χ4n) is 3.52. The van der Waals surface area contributed by atoms with E-state index in [4.69, 9.17) is 4.74 Å². The SMILES string of the molecule is COC(=O)N1CCC2(CCC(=O)Nc3ccccc32)CC1. The molecule has 1 spiro atoms. The van der Waals surface area contributed by atoms with Crippen LogP contribution in [0, 0.1) is 0 Å². The third-order valence-corrected chi connectivity index (χ3v) is 4.76. The molecule has 0 radical (unpaired) electrons. The maximum absolute atomic E-state index is 11.9. The van der Waals surface area contributed by atoms with Crippen LogP contribution in [0.25, 0.3) is 0 Å². The molecule has 112 valence electrons. The molecule has 2 aliphatic heterocycles. The van der Waals surface area contributed by atoms with Gasteiger partial charge in [-0.05, 0) is 30.9 Å². The van der Waals surface area contributed by atoms with Crippen molar-refractivity contribution in [2.24, 2.45) is 0 Å². The van der Waals surface area contributed by atoms with Gasteiger partial charge >= 0.3 is 6.09 Å². The first-order valence-corrected chi connectivity index (χ1v) is 7.37. The molecule has 1 saturated heterocycles. The van der Waals surface area contributed by atoms with Gasteiger partial charge in [0, 0.05) is 30.6 Å². The van der Waals surface area contributed by atoms with Crippen LogP contribution < -0.4 is 5.32 Å². The van der Waals surface area contributed by atoms with Crippen molar-refractivity contribution in [2.45, 2.75) is 31.1 Å². The number of fused-ring (bicyclic) bond motifs is 2. The largest absolute Gasteiger partial charge is 0.453 e. The van der Waals surface area contributed by atoms with E-state index in [1.807, 2.05) is 18.2 Å². The average Bonchev–Trinajstić information content (AvgIpc) is 2.65. The van der Waals surface area contributed by atoms with Gasteiger partial charge in [-0.25, -0.2) is 4.79 Å². The summed E-state index contributed by atoms with van der Waals surface area (Å²) in [5, 5.41) is 2.99. The summed E-state index contributed by atoms with van der Waals surface area (Å²) in [4.78, 5) is 25.3. The number of nitrogens with zero attached hydrogens (tertiary/aromatic N) is 1. The zero-order chi connectivity index (χ0) is 14.9. The molecular weight excluding hydrogens is 268 g/mol. The van der Waals surface area contributed by atoms with Crippen molar-refractivity contribution < 1.29 is 14.3 Å². The van der Waals surface area contributed by atoms with Crippen LogP contribution in [0.1, 0.15) is 31.2 Å². The van der Waals surface area contributed by atoms with Gasteiger partial charge in [0.25, 0.3) is 0 Å². The van der Waals surface area contributed by atoms with E-state index in [0.29, 0.717) is 19.5 Å². The monoisotopic (exact) mass is 288 g/mol. The molecule has 21 heavy (non-hydrogen) atoms. The van der Waals surface area contributed by atoms with E-state index in [1.54, 1.807) is 4.90 Å². The molecule has 1 aromatic carbocycles. The Balaban J connectivity index is 1.88. The first-order chi connectivity index (χ1) is 10.1. The molecule has 5 heteroatoms. The minimum absolute atomic E-state index is 0.0136. The zero-order valence-electron chi connectivity index (χ0n) is 12.2. The van der Waals surface area contributed by atoms with Gasteiger partial charge in [-0.3, -0.25) is 4.79 Å². The van der Waals surface area contributed by atoms with Crippen molar-refractivity contribution in [3.05, 3.63) is 29.8 Å². The van der Waals surface area contributed by atoms with Gasteiger partial charge in [0.2, 0.25) is 5.91 Å². The Labute approximate surface area is 124 Å². The summed E-state index contributed by atoms with van der Waals surface area (Å²) in [5.41, 5.74) is 2.12. The van der Waals surface area contributed by atoms with E-state index in [0.717, 1.165) is 24.9 Å².